The fourth-order valence-electron chi connectivity index (χ4n) is 5.24. The van der Waals surface area contributed by atoms with Gasteiger partial charge in [0, 0.05) is 48.0 Å². The predicted octanol–water partition coefficient (Wildman–Crippen LogP) is 4.72. The van der Waals surface area contributed by atoms with Gasteiger partial charge in [-0.15, -0.1) is 11.3 Å². The minimum absolute atomic E-state index is 0.0334. The normalized spacial score (nSPS) is 20.2. The number of likely N-dealkylation sites (tertiary alicyclic amines) is 1. The van der Waals surface area contributed by atoms with E-state index >= 15 is 0 Å². The Balaban J connectivity index is 1.42. The van der Waals surface area contributed by atoms with Crippen LogP contribution in [-0.2, 0) is 17.6 Å². The lowest BCUT2D eigenvalue weighted by Crippen LogP contribution is -2.46. The molecule has 4 heterocycles. The minimum atomic E-state index is -0.0334. The molecule has 1 N–H and O–H groups in total. The molecule has 3 aromatic rings. The van der Waals surface area contributed by atoms with Gasteiger partial charge in [-0.1, -0.05) is 0 Å². The lowest BCUT2D eigenvalue weighted by molar-refractivity contribution is -0.139. The van der Waals surface area contributed by atoms with Crippen LogP contribution in [0.2, 0.25) is 0 Å². The van der Waals surface area contributed by atoms with E-state index in [1.165, 1.54) is 10.4 Å². The van der Waals surface area contributed by atoms with Crippen LogP contribution >= 0.6 is 11.3 Å². The molecular formula is C25H30N6OS. The first kappa shape index (κ1) is 21.8. The molecule has 172 valence electrons. The molecule has 7 nitrogen and oxygen atoms in total. The summed E-state index contributed by atoms with van der Waals surface area (Å²) < 4.78 is 1.83. The fraction of sp³-hybridized carbons (Fsp3) is 0.440. The van der Waals surface area contributed by atoms with Crippen molar-refractivity contribution in [3.8, 4) is 0 Å². The lowest BCUT2D eigenvalue weighted by atomic mass is 9.85. The first-order valence-electron chi connectivity index (χ1n) is 11.5. The number of amides is 1. The summed E-state index contributed by atoms with van der Waals surface area (Å²) >= 11 is 1.65. The van der Waals surface area contributed by atoms with Crippen LogP contribution < -0.4 is 5.32 Å². The molecule has 0 saturated carbocycles. The molecule has 1 atom stereocenters. The second kappa shape index (κ2) is 8.41. The van der Waals surface area contributed by atoms with Gasteiger partial charge in [-0.25, -0.2) is 4.52 Å². The maximum Gasteiger partial charge on any atom is 0.226 e. The quantitative estimate of drug-likeness (QED) is 0.450. The second-order valence-electron chi connectivity index (χ2n) is 9.50. The molecule has 0 spiro atoms. The molecule has 1 amide bonds. The highest BCUT2D eigenvalue weighted by molar-refractivity contribution is 7.16. The number of carbonyl (C=O) groups is 1. The van der Waals surface area contributed by atoms with Crippen molar-refractivity contribution in [3.63, 3.8) is 0 Å². The van der Waals surface area contributed by atoms with Crippen LogP contribution in [0.25, 0.3) is 5.52 Å². The second-order valence-corrected chi connectivity index (χ2v) is 10.6. The maximum absolute atomic E-state index is 13.4. The number of carbonyl (C=O) groups excluding carboxylic acids is 1. The Morgan fingerprint density at radius 1 is 1.36 bits per heavy atom. The molecule has 8 heteroatoms. The number of fused-ring (bicyclic) bond motifs is 2. The standard InChI is InChI=1S/C25H30N6OS/c1-25(2)10-5-12-30(25)24(32)16-6-7-19-20(14-16)33-23(27-4)21(19)22(26-3)29-17-9-13-31-18(15-17)8-11-28-31/h8-9,11,13,15-16H,4-7,10,12,14H2,1-3H3,(H,26,29)/t16-/m0/s1. The van der Waals surface area contributed by atoms with E-state index in [1.54, 1.807) is 24.6 Å². The number of aromatic nitrogens is 2. The largest absolute Gasteiger partial charge is 0.340 e. The third kappa shape index (κ3) is 3.86. The Kier molecular flexibility index (Phi) is 5.56. The van der Waals surface area contributed by atoms with Crippen LogP contribution in [0, 0.1) is 5.92 Å². The van der Waals surface area contributed by atoms with Crippen LogP contribution in [0.5, 0.6) is 0 Å². The monoisotopic (exact) mass is 462 g/mol. The number of nitrogens with zero attached hydrogens (tertiary/aromatic N) is 5. The number of hydrogen-bond acceptors (Lipinski definition) is 5. The summed E-state index contributed by atoms with van der Waals surface area (Å²) in [4.78, 5) is 25.6. The van der Waals surface area contributed by atoms with Gasteiger partial charge in [0.2, 0.25) is 5.91 Å². The molecule has 33 heavy (non-hydrogen) atoms. The summed E-state index contributed by atoms with van der Waals surface area (Å²) in [7, 11) is 1.79. The number of amidine groups is 1. The molecule has 0 unspecified atom stereocenters. The number of rotatable bonds is 4. The number of aliphatic imine (C=N–C) groups is 2. The van der Waals surface area contributed by atoms with Crippen molar-refractivity contribution in [3.05, 3.63) is 46.6 Å². The number of nitrogens with one attached hydrogen (secondary N) is 1. The number of pyridine rings is 1. The molecular weight excluding hydrogens is 432 g/mol. The molecule has 0 aromatic carbocycles. The summed E-state index contributed by atoms with van der Waals surface area (Å²) in [5, 5.41) is 8.61. The topological polar surface area (TPSA) is 74.4 Å². The van der Waals surface area contributed by atoms with Gasteiger partial charge >= 0.3 is 0 Å². The van der Waals surface area contributed by atoms with Crippen LogP contribution in [0.1, 0.15) is 49.1 Å². The minimum Gasteiger partial charge on any atom is -0.340 e. The van der Waals surface area contributed by atoms with Gasteiger partial charge in [0.25, 0.3) is 0 Å². The Bertz CT molecular complexity index is 1250. The Hall–Kier alpha value is -3.00. The smallest absolute Gasteiger partial charge is 0.226 e. The molecule has 1 fully saturated rings. The fourth-order valence-corrected chi connectivity index (χ4v) is 6.47. The Morgan fingerprint density at radius 3 is 2.94 bits per heavy atom. The van der Waals surface area contributed by atoms with E-state index in [0.717, 1.165) is 66.3 Å². The molecule has 0 bridgehead atoms. The number of thiophene rings is 1. The summed E-state index contributed by atoms with van der Waals surface area (Å²) in [5.74, 6) is 1.13. The molecule has 2 aliphatic rings. The van der Waals surface area contributed by atoms with Gasteiger partial charge in [-0.05, 0) is 76.4 Å². The van der Waals surface area contributed by atoms with E-state index in [-0.39, 0.29) is 11.5 Å². The van der Waals surface area contributed by atoms with Gasteiger partial charge in [0.15, 0.2) is 0 Å². The molecule has 1 aliphatic carbocycles. The van der Waals surface area contributed by atoms with Crippen LogP contribution in [0.15, 0.2) is 40.6 Å². The van der Waals surface area contributed by atoms with Gasteiger partial charge in [0.1, 0.15) is 10.8 Å². The van der Waals surface area contributed by atoms with Crippen molar-refractivity contribution >= 4 is 46.0 Å². The molecule has 0 radical (unpaired) electrons. The van der Waals surface area contributed by atoms with E-state index < -0.39 is 0 Å². The average molecular weight is 463 g/mol. The van der Waals surface area contributed by atoms with Crippen molar-refractivity contribution in [1.82, 2.24) is 14.5 Å². The van der Waals surface area contributed by atoms with E-state index in [4.69, 9.17) is 0 Å². The number of hydrogen-bond donors (Lipinski definition) is 1. The zero-order chi connectivity index (χ0) is 23.2. The van der Waals surface area contributed by atoms with E-state index in [1.807, 2.05) is 28.9 Å². The highest BCUT2D eigenvalue weighted by Gasteiger charge is 2.40. The first-order chi connectivity index (χ1) is 15.9. The first-order valence-corrected chi connectivity index (χ1v) is 12.3. The van der Waals surface area contributed by atoms with Gasteiger partial charge in [-0.3, -0.25) is 14.8 Å². The van der Waals surface area contributed by atoms with Gasteiger partial charge in [0.05, 0.1) is 11.1 Å². The highest BCUT2D eigenvalue weighted by Crippen LogP contribution is 2.43. The zero-order valence-electron chi connectivity index (χ0n) is 19.5. The Morgan fingerprint density at radius 2 is 2.21 bits per heavy atom. The Labute approximate surface area is 198 Å². The zero-order valence-corrected chi connectivity index (χ0v) is 20.3. The summed E-state index contributed by atoms with van der Waals surface area (Å²) in [6, 6.07) is 6.00. The molecule has 5 rings (SSSR count). The third-order valence-electron chi connectivity index (χ3n) is 7.03. The van der Waals surface area contributed by atoms with Crippen LogP contribution in [-0.4, -0.2) is 52.1 Å². The molecule has 1 aliphatic heterocycles. The lowest BCUT2D eigenvalue weighted by Gasteiger charge is -2.35. The van der Waals surface area contributed by atoms with Crippen LogP contribution in [0.3, 0.4) is 0 Å². The van der Waals surface area contributed by atoms with Crippen molar-refractivity contribution in [2.75, 3.05) is 18.9 Å². The summed E-state index contributed by atoms with van der Waals surface area (Å²) in [6.07, 6.45) is 8.36. The van der Waals surface area contributed by atoms with E-state index in [9.17, 15) is 4.79 Å². The summed E-state index contributed by atoms with van der Waals surface area (Å²) in [6.45, 7) is 9.07. The van der Waals surface area contributed by atoms with Crippen molar-refractivity contribution < 1.29 is 4.79 Å². The van der Waals surface area contributed by atoms with Gasteiger partial charge in [-0.2, -0.15) is 5.10 Å². The van der Waals surface area contributed by atoms with Crippen molar-refractivity contribution in [2.45, 2.75) is 51.5 Å². The average Bonchev–Trinajstić information content (AvgIpc) is 3.51. The number of anilines is 1. The molecule has 3 aromatic heterocycles. The maximum atomic E-state index is 13.4. The third-order valence-corrected chi connectivity index (χ3v) is 8.22. The molecule has 1 saturated heterocycles. The SMILES string of the molecule is C=Nc1sc2c(c1C(=NC)Nc1ccn3nccc3c1)CC[C@H](C(=O)N1CCCC1(C)C)C2. The summed E-state index contributed by atoms with van der Waals surface area (Å²) in [5.41, 5.74) is 4.20. The van der Waals surface area contributed by atoms with Crippen molar-refractivity contribution in [2.24, 2.45) is 15.9 Å². The predicted molar refractivity (Wildman–Crippen MR) is 135 cm³/mol. The van der Waals surface area contributed by atoms with Crippen LogP contribution in [0.4, 0.5) is 10.7 Å². The van der Waals surface area contributed by atoms with E-state index in [0.29, 0.717) is 5.91 Å². The highest BCUT2D eigenvalue weighted by atomic mass is 32.1. The van der Waals surface area contributed by atoms with E-state index in [2.05, 4.69) is 45.9 Å². The van der Waals surface area contributed by atoms with Crippen molar-refractivity contribution in [1.29, 1.82) is 0 Å². The van der Waals surface area contributed by atoms with Gasteiger partial charge < -0.3 is 10.2 Å².